The molecule has 10 heteroatoms. The van der Waals surface area contributed by atoms with Crippen molar-refractivity contribution in [1.29, 1.82) is 0 Å². The van der Waals surface area contributed by atoms with Gasteiger partial charge in [-0.15, -0.1) is 11.3 Å². The fraction of sp³-hybridized carbons (Fsp3) is 0.353. The van der Waals surface area contributed by atoms with Gasteiger partial charge >= 0.3 is 0 Å². The number of nitrogens with one attached hydrogen (secondary N) is 1. The second-order valence-electron chi connectivity index (χ2n) is 6.32. The Balaban J connectivity index is 1.64. The molecular weight excluding hydrogens is 368 g/mol. The molecule has 1 aliphatic rings. The third kappa shape index (κ3) is 3.17. The number of hydrogen-bond donors (Lipinski definition) is 2. The van der Waals surface area contributed by atoms with Crippen molar-refractivity contribution in [2.24, 2.45) is 5.73 Å². The number of ether oxygens (including phenoxy) is 1. The van der Waals surface area contributed by atoms with Crippen LogP contribution in [0.4, 0.5) is 0 Å². The second-order valence-corrected chi connectivity index (χ2v) is 7.26. The number of methoxy groups -OCH3 is 1. The molecule has 3 heterocycles. The van der Waals surface area contributed by atoms with Gasteiger partial charge in [-0.3, -0.25) is 9.59 Å². The molecule has 0 spiro atoms. The highest BCUT2D eigenvalue weighted by molar-refractivity contribution is 7.09. The Labute approximate surface area is 158 Å². The van der Waals surface area contributed by atoms with Gasteiger partial charge in [0.2, 0.25) is 0 Å². The van der Waals surface area contributed by atoms with Crippen molar-refractivity contribution in [3.8, 4) is 0 Å². The molecule has 3 aromatic rings. The van der Waals surface area contributed by atoms with Crippen molar-refractivity contribution in [3.63, 3.8) is 0 Å². The van der Waals surface area contributed by atoms with Crippen LogP contribution < -0.4 is 11.1 Å². The summed E-state index contributed by atoms with van der Waals surface area (Å²) in [5.41, 5.74) is 9.49. The van der Waals surface area contributed by atoms with Gasteiger partial charge in [0.1, 0.15) is 17.0 Å². The van der Waals surface area contributed by atoms with E-state index in [1.54, 1.807) is 17.4 Å². The molecule has 0 saturated carbocycles. The van der Waals surface area contributed by atoms with Crippen molar-refractivity contribution in [2.75, 3.05) is 7.11 Å². The number of hydrogen-bond acceptors (Lipinski definition) is 7. The number of rotatable bonds is 5. The SMILES string of the molecule is COCc1nn2c(C(=O)NC3CCc4ncsc4C3)ccnc2c1C(N)=O. The number of thiazole rings is 1. The lowest BCUT2D eigenvalue weighted by Gasteiger charge is -2.22. The van der Waals surface area contributed by atoms with Crippen molar-refractivity contribution in [2.45, 2.75) is 31.9 Å². The van der Waals surface area contributed by atoms with E-state index in [0.29, 0.717) is 11.4 Å². The van der Waals surface area contributed by atoms with Crippen LogP contribution in [0.15, 0.2) is 17.8 Å². The number of aromatic nitrogens is 4. The van der Waals surface area contributed by atoms with Crippen LogP contribution in [0.5, 0.6) is 0 Å². The summed E-state index contributed by atoms with van der Waals surface area (Å²) in [7, 11) is 1.49. The monoisotopic (exact) mass is 386 g/mol. The summed E-state index contributed by atoms with van der Waals surface area (Å²) >= 11 is 1.61. The van der Waals surface area contributed by atoms with Crippen molar-refractivity contribution in [1.82, 2.24) is 24.9 Å². The van der Waals surface area contributed by atoms with Gasteiger partial charge in [-0.2, -0.15) is 5.10 Å². The van der Waals surface area contributed by atoms with Gasteiger partial charge in [0.25, 0.3) is 11.8 Å². The Morgan fingerprint density at radius 1 is 1.44 bits per heavy atom. The van der Waals surface area contributed by atoms with Gasteiger partial charge in [0.05, 0.1) is 17.8 Å². The van der Waals surface area contributed by atoms with E-state index in [2.05, 4.69) is 20.4 Å². The fourth-order valence-electron chi connectivity index (χ4n) is 3.33. The molecule has 1 atom stereocenters. The summed E-state index contributed by atoms with van der Waals surface area (Å²) in [5.74, 6) is -0.935. The maximum Gasteiger partial charge on any atom is 0.270 e. The van der Waals surface area contributed by atoms with E-state index in [1.807, 2.05) is 5.51 Å². The molecule has 4 rings (SSSR count). The van der Waals surface area contributed by atoms with Crippen LogP contribution in [0.3, 0.4) is 0 Å². The van der Waals surface area contributed by atoms with Gasteiger partial charge in [-0.1, -0.05) is 0 Å². The first-order valence-electron chi connectivity index (χ1n) is 8.46. The molecule has 140 valence electrons. The number of aryl methyl sites for hydroxylation is 1. The minimum absolute atomic E-state index is 0.0262. The summed E-state index contributed by atoms with van der Waals surface area (Å²) in [6.45, 7) is 0.0967. The highest BCUT2D eigenvalue weighted by atomic mass is 32.1. The van der Waals surface area contributed by atoms with Crippen LogP contribution in [0, 0.1) is 0 Å². The number of primary amides is 1. The molecule has 9 nitrogen and oxygen atoms in total. The Bertz CT molecular complexity index is 1030. The number of amides is 2. The number of nitrogens with zero attached hydrogens (tertiary/aromatic N) is 4. The maximum absolute atomic E-state index is 12.9. The molecule has 0 bridgehead atoms. The minimum Gasteiger partial charge on any atom is -0.378 e. The van der Waals surface area contributed by atoms with Gasteiger partial charge in [-0.25, -0.2) is 14.5 Å². The molecule has 2 amide bonds. The molecule has 0 aromatic carbocycles. The van der Waals surface area contributed by atoms with E-state index in [4.69, 9.17) is 10.5 Å². The van der Waals surface area contributed by atoms with Crippen LogP contribution in [-0.4, -0.2) is 44.5 Å². The van der Waals surface area contributed by atoms with Gasteiger partial charge in [0.15, 0.2) is 5.65 Å². The van der Waals surface area contributed by atoms with Gasteiger partial charge < -0.3 is 15.8 Å². The van der Waals surface area contributed by atoms with Crippen LogP contribution >= 0.6 is 11.3 Å². The van der Waals surface area contributed by atoms with Crippen molar-refractivity contribution in [3.05, 3.63) is 45.3 Å². The lowest BCUT2D eigenvalue weighted by molar-refractivity contribution is 0.0924. The zero-order chi connectivity index (χ0) is 19.0. The minimum atomic E-state index is -0.660. The third-order valence-corrected chi connectivity index (χ3v) is 5.47. The highest BCUT2D eigenvalue weighted by Gasteiger charge is 2.25. The van der Waals surface area contributed by atoms with E-state index in [9.17, 15) is 9.59 Å². The number of carbonyl (C=O) groups excluding carboxylic acids is 2. The van der Waals surface area contributed by atoms with Gasteiger partial charge in [0, 0.05) is 30.6 Å². The third-order valence-electron chi connectivity index (χ3n) is 4.57. The predicted molar refractivity (Wildman–Crippen MR) is 97.6 cm³/mol. The van der Waals surface area contributed by atoms with Crippen LogP contribution in [-0.2, 0) is 24.2 Å². The molecule has 0 radical (unpaired) electrons. The molecule has 0 aliphatic heterocycles. The summed E-state index contributed by atoms with van der Waals surface area (Å²) < 4.78 is 6.43. The van der Waals surface area contributed by atoms with E-state index in [1.165, 1.54) is 22.7 Å². The molecule has 3 aromatic heterocycles. The standard InChI is InChI=1S/C17H18N6O3S/c1-26-7-11-14(15(18)24)16-19-5-4-12(23(16)22-11)17(25)21-9-2-3-10-13(6-9)27-8-20-10/h4-5,8-9H,2-3,6-7H2,1H3,(H2,18,24)(H,21,25). The Morgan fingerprint density at radius 2 is 2.30 bits per heavy atom. The first-order chi connectivity index (χ1) is 13.1. The topological polar surface area (TPSA) is 124 Å². The van der Waals surface area contributed by atoms with Crippen LogP contribution in [0.1, 0.15) is 43.5 Å². The summed E-state index contributed by atoms with van der Waals surface area (Å²) in [4.78, 5) is 34.4. The lowest BCUT2D eigenvalue weighted by Crippen LogP contribution is -2.39. The average Bonchev–Trinajstić information content (AvgIpc) is 3.24. The first-order valence-corrected chi connectivity index (χ1v) is 9.34. The van der Waals surface area contributed by atoms with E-state index >= 15 is 0 Å². The molecule has 27 heavy (non-hydrogen) atoms. The average molecular weight is 386 g/mol. The molecule has 0 fully saturated rings. The normalized spacial score (nSPS) is 16.3. The number of fused-ring (bicyclic) bond motifs is 2. The zero-order valence-corrected chi connectivity index (χ0v) is 15.5. The Hall–Kier alpha value is -2.85. The first kappa shape index (κ1) is 17.6. The zero-order valence-electron chi connectivity index (χ0n) is 14.6. The van der Waals surface area contributed by atoms with Gasteiger partial charge in [-0.05, 0) is 18.9 Å². The van der Waals surface area contributed by atoms with Crippen molar-refractivity contribution >= 4 is 28.8 Å². The summed E-state index contributed by atoms with van der Waals surface area (Å²) in [5, 5.41) is 7.38. The molecule has 1 aliphatic carbocycles. The smallest absolute Gasteiger partial charge is 0.270 e. The summed E-state index contributed by atoms with van der Waals surface area (Å²) in [6.07, 6.45) is 3.91. The Kier molecular flexibility index (Phi) is 4.58. The largest absolute Gasteiger partial charge is 0.378 e. The van der Waals surface area contributed by atoms with Crippen LogP contribution in [0.2, 0.25) is 0 Å². The quantitative estimate of drug-likeness (QED) is 0.666. The highest BCUT2D eigenvalue weighted by Crippen LogP contribution is 2.24. The molecule has 3 N–H and O–H groups in total. The Morgan fingerprint density at radius 3 is 3.07 bits per heavy atom. The fourth-order valence-corrected chi connectivity index (χ4v) is 4.23. The molecule has 0 saturated heterocycles. The van der Waals surface area contributed by atoms with E-state index in [0.717, 1.165) is 25.0 Å². The summed E-state index contributed by atoms with van der Waals surface area (Å²) in [6, 6.07) is 1.59. The van der Waals surface area contributed by atoms with E-state index in [-0.39, 0.29) is 29.8 Å². The van der Waals surface area contributed by atoms with Crippen molar-refractivity contribution < 1.29 is 14.3 Å². The predicted octanol–water partition coefficient (Wildman–Crippen LogP) is 0.718. The van der Waals surface area contributed by atoms with E-state index < -0.39 is 5.91 Å². The lowest BCUT2D eigenvalue weighted by atomic mass is 9.97. The maximum atomic E-state index is 12.9. The van der Waals surface area contributed by atoms with Crippen LogP contribution in [0.25, 0.3) is 5.65 Å². The molecular formula is C17H18N6O3S. The molecule has 1 unspecified atom stereocenters. The number of carbonyl (C=O) groups is 2. The second kappa shape index (κ2) is 7.05. The number of nitrogens with two attached hydrogens (primary N) is 1.